The summed E-state index contributed by atoms with van der Waals surface area (Å²) in [6.45, 7) is 7.57. The highest BCUT2D eigenvalue weighted by atomic mass is 16.6. The van der Waals surface area contributed by atoms with E-state index in [1.54, 1.807) is 0 Å². The fourth-order valence-electron chi connectivity index (χ4n) is 7.34. The monoisotopic (exact) mass is 891 g/mol. The lowest BCUT2D eigenvalue weighted by molar-refractivity contribution is -0.163. The Bertz CT molecular complexity index is 1190. The van der Waals surface area contributed by atoms with Crippen molar-refractivity contribution in [1.29, 1.82) is 0 Å². The molecule has 0 aliphatic heterocycles. The van der Waals surface area contributed by atoms with E-state index in [2.05, 4.69) is 106 Å². The van der Waals surface area contributed by atoms with E-state index < -0.39 is 6.10 Å². The molecule has 0 spiro atoms. The van der Waals surface area contributed by atoms with Crippen molar-refractivity contribution in [1.82, 2.24) is 0 Å². The first-order valence-corrected chi connectivity index (χ1v) is 27.1. The van der Waals surface area contributed by atoms with Gasteiger partial charge in [-0.1, -0.05) is 215 Å². The Hall–Kier alpha value is -2.92. The van der Waals surface area contributed by atoms with Crippen molar-refractivity contribution in [3.63, 3.8) is 0 Å². The molecule has 5 nitrogen and oxygen atoms in total. The smallest absolute Gasteiger partial charge is 0.306 e. The number of unbranched alkanes of at least 4 members (excludes halogenated alkanes) is 24. The lowest BCUT2D eigenvalue weighted by Crippen LogP contribution is -2.30. The average Bonchev–Trinajstić information content (AvgIpc) is 3.30. The Balaban J connectivity index is 4.30. The zero-order chi connectivity index (χ0) is 46.3. The minimum Gasteiger partial charge on any atom is -0.462 e. The third kappa shape index (κ3) is 51.7. The number of hydrogen-bond donors (Lipinski definition) is 0. The van der Waals surface area contributed by atoms with Gasteiger partial charge in [-0.05, 0) is 109 Å². The van der Waals surface area contributed by atoms with Gasteiger partial charge in [0.05, 0.1) is 6.61 Å². The third-order valence-corrected chi connectivity index (χ3v) is 11.4. The van der Waals surface area contributed by atoms with E-state index in [0.717, 1.165) is 89.9 Å². The quantitative estimate of drug-likeness (QED) is 0.0346. The number of allylic oxidation sites excluding steroid dienone is 14. The molecule has 0 radical (unpaired) electrons. The first-order chi connectivity index (χ1) is 31.6. The van der Waals surface area contributed by atoms with Gasteiger partial charge in [-0.25, -0.2) is 0 Å². The summed E-state index contributed by atoms with van der Waals surface area (Å²) in [5.41, 5.74) is 0. The Kier molecular flexibility index (Phi) is 51.9. The second kappa shape index (κ2) is 54.4. The van der Waals surface area contributed by atoms with E-state index in [9.17, 15) is 9.59 Å². The van der Waals surface area contributed by atoms with Crippen LogP contribution in [0, 0.1) is 0 Å². The molecule has 0 aromatic carbocycles. The molecule has 0 aromatic rings. The van der Waals surface area contributed by atoms with Gasteiger partial charge in [0.15, 0.2) is 6.10 Å². The summed E-state index contributed by atoms with van der Waals surface area (Å²) in [4.78, 5) is 25.4. The fraction of sp³-hybridized carbons (Fsp3) is 0.729. The molecule has 5 heteroatoms. The first-order valence-electron chi connectivity index (χ1n) is 27.1. The summed E-state index contributed by atoms with van der Waals surface area (Å²) in [6, 6.07) is 0. The topological polar surface area (TPSA) is 61.8 Å². The van der Waals surface area contributed by atoms with Crippen LogP contribution in [0.2, 0.25) is 0 Å². The molecule has 368 valence electrons. The Labute approximate surface area is 397 Å². The highest BCUT2D eigenvalue weighted by molar-refractivity contribution is 5.70. The number of carbonyl (C=O) groups excluding carboxylic acids is 2. The highest BCUT2D eigenvalue weighted by Crippen LogP contribution is 2.14. The van der Waals surface area contributed by atoms with Crippen LogP contribution in [0.4, 0.5) is 0 Å². The molecule has 0 heterocycles. The lowest BCUT2D eigenvalue weighted by atomic mass is 10.1. The van der Waals surface area contributed by atoms with Gasteiger partial charge in [-0.15, -0.1) is 0 Å². The maximum atomic E-state index is 12.8. The zero-order valence-electron chi connectivity index (χ0n) is 42.3. The highest BCUT2D eigenvalue weighted by Gasteiger charge is 2.17. The van der Waals surface area contributed by atoms with Crippen LogP contribution < -0.4 is 0 Å². The van der Waals surface area contributed by atoms with E-state index in [1.807, 2.05) is 0 Å². The van der Waals surface area contributed by atoms with Gasteiger partial charge in [-0.2, -0.15) is 0 Å². The summed E-state index contributed by atoms with van der Waals surface area (Å²) in [6.07, 6.45) is 71.8. The van der Waals surface area contributed by atoms with Crippen molar-refractivity contribution in [2.75, 3.05) is 19.8 Å². The third-order valence-electron chi connectivity index (χ3n) is 11.4. The van der Waals surface area contributed by atoms with Gasteiger partial charge < -0.3 is 14.2 Å². The van der Waals surface area contributed by atoms with Crippen molar-refractivity contribution < 1.29 is 23.8 Å². The molecule has 64 heavy (non-hydrogen) atoms. The van der Waals surface area contributed by atoms with E-state index in [-0.39, 0.29) is 25.2 Å². The molecule has 0 rings (SSSR count). The predicted octanol–water partition coefficient (Wildman–Crippen LogP) is 18.5. The van der Waals surface area contributed by atoms with Crippen molar-refractivity contribution in [2.24, 2.45) is 0 Å². The van der Waals surface area contributed by atoms with Crippen molar-refractivity contribution in [2.45, 2.75) is 258 Å². The van der Waals surface area contributed by atoms with Gasteiger partial charge in [0.2, 0.25) is 0 Å². The molecule has 0 fully saturated rings. The molecular weight excluding hydrogens is 789 g/mol. The van der Waals surface area contributed by atoms with Crippen LogP contribution in [0.3, 0.4) is 0 Å². The Morgan fingerprint density at radius 2 is 0.719 bits per heavy atom. The molecule has 1 unspecified atom stereocenters. The van der Waals surface area contributed by atoms with Crippen molar-refractivity contribution in [3.8, 4) is 0 Å². The normalized spacial score (nSPS) is 12.9. The number of esters is 2. The summed E-state index contributed by atoms with van der Waals surface area (Å²) in [5, 5.41) is 0. The average molecular weight is 891 g/mol. The first kappa shape index (κ1) is 61.1. The largest absolute Gasteiger partial charge is 0.462 e. The maximum absolute atomic E-state index is 12.8. The van der Waals surface area contributed by atoms with Crippen LogP contribution in [0.25, 0.3) is 0 Å². The van der Waals surface area contributed by atoms with Gasteiger partial charge in [0.1, 0.15) is 6.61 Å². The van der Waals surface area contributed by atoms with Crippen LogP contribution in [-0.2, 0) is 23.8 Å². The number of carbonyl (C=O) groups is 2. The Morgan fingerprint density at radius 3 is 1.19 bits per heavy atom. The molecule has 0 amide bonds. The Morgan fingerprint density at radius 1 is 0.359 bits per heavy atom. The lowest BCUT2D eigenvalue weighted by Gasteiger charge is -2.18. The van der Waals surface area contributed by atoms with Gasteiger partial charge in [0, 0.05) is 19.4 Å². The predicted molar refractivity (Wildman–Crippen MR) is 279 cm³/mol. The zero-order valence-corrected chi connectivity index (χ0v) is 42.3. The molecule has 0 aliphatic carbocycles. The number of ether oxygens (including phenoxy) is 3. The molecule has 1 atom stereocenters. The molecule has 0 bridgehead atoms. The standard InChI is InChI=1S/C59H102O5/c1-4-7-10-13-16-19-22-24-26-28-30-31-33-35-38-40-43-46-49-52-58(60)63-56-57(64-59(61)53-50-47-44-41-37-21-18-15-12-9-6-3)55-62-54-51-48-45-42-39-36-34-32-29-27-25-23-20-17-14-11-8-5-2/h8,11,15,17-18,20,24-27,32,34,39,42,57H,4-7,9-10,12-14,16,19,21-23,28-31,33,35-38,40-41,43-56H2,1-3H3/b11-8-,18-15-,20-17-,26-24-,27-25-,34-32-,42-39-. The van der Waals surface area contributed by atoms with Crippen LogP contribution >= 0.6 is 0 Å². The van der Waals surface area contributed by atoms with Crippen molar-refractivity contribution >= 4 is 11.9 Å². The summed E-state index contributed by atoms with van der Waals surface area (Å²) < 4.78 is 17.4. The summed E-state index contributed by atoms with van der Waals surface area (Å²) in [7, 11) is 0. The van der Waals surface area contributed by atoms with E-state index in [4.69, 9.17) is 14.2 Å². The van der Waals surface area contributed by atoms with Crippen molar-refractivity contribution in [3.05, 3.63) is 85.1 Å². The molecule has 0 aromatic heterocycles. The van der Waals surface area contributed by atoms with Crippen LogP contribution in [0.15, 0.2) is 85.1 Å². The van der Waals surface area contributed by atoms with Gasteiger partial charge >= 0.3 is 11.9 Å². The summed E-state index contributed by atoms with van der Waals surface area (Å²) >= 11 is 0. The summed E-state index contributed by atoms with van der Waals surface area (Å²) in [5.74, 6) is -0.433. The second-order valence-electron chi connectivity index (χ2n) is 17.7. The fourth-order valence-corrected chi connectivity index (χ4v) is 7.34. The molecule has 0 aliphatic rings. The van der Waals surface area contributed by atoms with Crippen LogP contribution in [0.5, 0.6) is 0 Å². The van der Waals surface area contributed by atoms with Crippen LogP contribution in [-0.4, -0.2) is 37.9 Å². The SMILES string of the molecule is CC/C=C\C/C=C\C/C=C\C/C=C\C/C=C\CCCCOCC(COC(=O)CCCCCCCCCCC/C=C\CCCCCCCC)OC(=O)CCCCCCC/C=C\CCCC. The van der Waals surface area contributed by atoms with Gasteiger partial charge in [-0.3, -0.25) is 9.59 Å². The van der Waals surface area contributed by atoms with E-state index >= 15 is 0 Å². The number of hydrogen-bond acceptors (Lipinski definition) is 5. The molecule has 0 saturated carbocycles. The van der Waals surface area contributed by atoms with E-state index in [1.165, 1.54) is 128 Å². The maximum Gasteiger partial charge on any atom is 0.306 e. The minimum absolute atomic E-state index is 0.0608. The number of rotatable bonds is 49. The second-order valence-corrected chi connectivity index (χ2v) is 17.7. The van der Waals surface area contributed by atoms with E-state index in [0.29, 0.717) is 19.4 Å². The molecule has 0 N–H and O–H groups in total. The minimum atomic E-state index is -0.567. The van der Waals surface area contributed by atoms with Crippen LogP contribution in [0.1, 0.15) is 252 Å². The molecule has 0 saturated heterocycles. The molecular formula is C59H102O5. The van der Waals surface area contributed by atoms with Gasteiger partial charge in [0.25, 0.3) is 0 Å².